The summed E-state index contributed by atoms with van der Waals surface area (Å²) in [5, 5.41) is 18.6. The normalized spacial score (nSPS) is 19.3. The number of H-pyrrole nitrogens is 1. The van der Waals surface area contributed by atoms with Gasteiger partial charge in [-0.1, -0.05) is 13.8 Å². The summed E-state index contributed by atoms with van der Waals surface area (Å²) in [5.41, 5.74) is 4.65. The van der Waals surface area contributed by atoms with E-state index in [1.54, 1.807) is 12.3 Å². The summed E-state index contributed by atoms with van der Waals surface area (Å²) in [5.74, 6) is -2.45. The zero-order valence-electron chi connectivity index (χ0n) is 18.0. The number of halogens is 2. The van der Waals surface area contributed by atoms with Gasteiger partial charge in [0.2, 0.25) is 0 Å². The van der Waals surface area contributed by atoms with E-state index in [1.165, 1.54) is 11.6 Å². The molecule has 1 aliphatic carbocycles. The highest BCUT2D eigenvalue weighted by Crippen LogP contribution is 2.45. The molecule has 0 atom stereocenters. The SMILES string of the molecule is CC(C)c1c(C2CCC(C(=O)O)CC2)c2cc3[nH]ncc3cc2n1-c1ccc(F)c(F)c1. The van der Waals surface area contributed by atoms with Gasteiger partial charge >= 0.3 is 5.97 Å². The van der Waals surface area contributed by atoms with Crippen LogP contribution in [0.1, 0.15) is 62.6 Å². The van der Waals surface area contributed by atoms with Gasteiger partial charge in [0.05, 0.1) is 23.1 Å². The van der Waals surface area contributed by atoms with E-state index in [4.69, 9.17) is 0 Å². The van der Waals surface area contributed by atoms with Gasteiger partial charge in [-0.2, -0.15) is 5.10 Å². The minimum absolute atomic E-state index is 0.124. The van der Waals surface area contributed by atoms with Crippen LogP contribution in [0.4, 0.5) is 8.78 Å². The minimum atomic E-state index is -0.882. The molecule has 0 radical (unpaired) electrons. The number of aromatic amines is 1. The molecule has 2 aromatic carbocycles. The minimum Gasteiger partial charge on any atom is -0.481 e. The van der Waals surface area contributed by atoms with Crippen LogP contribution in [0.15, 0.2) is 36.5 Å². The molecule has 2 N–H and O–H groups in total. The number of rotatable bonds is 4. The smallest absolute Gasteiger partial charge is 0.306 e. The maximum atomic E-state index is 14.2. The summed E-state index contributed by atoms with van der Waals surface area (Å²) in [6.45, 7) is 4.20. The standard InChI is InChI=1S/C25H25F2N3O2/c1-13(2)24-23(14-3-5-15(6-4-14)25(31)32)18-11-21-16(12-28-29-21)9-22(18)30(24)17-7-8-19(26)20(27)10-17/h7-15H,3-6H2,1-2H3,(H,28,29)(H,31,32). The molecule has 7 heteroatoms. The summed E-state index contributed by atoms with van der Waals surface area (Å²) >= 11 is 0. The lowest BCUT2D eigenvalue weighted by Crippen LogP contribution is -2.21. The monoisotopic (exact) mass is 437 g/mol. The van der Waals surface area contributed by atoms with Crippen molar-refractivity contribution in [3.8, 4) is 5.69 Å². The number of hydrogen-bond donors (Lipinski definition) is 2. The van der Waals surface area contributed by atoms with Gasteiger partial charge in [-0.3, -0.25) is 9.89 Å². The van der Waals surface area contributed by atoms with Gasteiger partial charge in [0.1, 0.15) is 0 Å². The maximum Gasteiger partial charge on any atom is 0.306 e. The van der Waals surface area contributed by atoms with E-state index in [9.17, 15) is 18.7 Å². The van der Waals surface area contributed by atoms with Gasteiger partial charge in [0, 0.05) is 28.2 Å². The van der Waals surface area contributed by atoms with Crippen molar-refractivity contribution < 1.29 is 18.7 Å². The molecule has 0 spiro atoms. The van der Waals surface area contributed by atoms with Gasteiger partial charge in [0.25, 0.3) is 0 Å². The molecule has 2 heterocycles. The fourth-order valence-electron chi connectivity index (χ4n) is 5.30. The van der Waals surface area contributed by atoms with Crippen molar-refractivity contribution in [1.29, 1.82) is 0 Å². The Morgan fingerprint density at radius 2 is 1.88 bits per heavy atom. The van der Waals surface area contributed by atoms with E-state index in [2.05, 4.69) is 30.1 Å². The number of aromatic nitrogens is 3. The molecule has 2 aromatic heterocycles. The zero-order valence-corrected chi connectivity index (χ0v) is 18.0. The molecule has 0 bridgehead atoms. The summed E-state index contributed by atoms with van der Waals surface area (Å²) in [6.07, 6.45) is 4.61. The summed E-state index contributed by atoms with van der Waals surface area (Å²) in [7, 11) is 0. The highest BCUT2D eigenvalue weighted by atomic mass is 19.2. The topological polar surface area (TPSA) is 70.9 Å². The molecule has 5 nitrogen and oxygen atoms in total. The number of nitrogens with zero attached hydrogens (tertiary/aromatic N) is 2. The van der Waals surface area contributed by atoms with Crippen molar-refractivity contribution in [2.24, 2.45) is 5.92 Å². The summed E-state index contributed by atoms with van der Waals surface area (Å²) in [4.78, 5) is 11.5. The number of hydrogen-bond acceptors (Lipinski definition) is 2. The van der Waals surface area contributed by atoms with E-state index in [0.29, 0.717) is 18.5 Å². The lowest BCUT2D eigenvalue weighted by Gasteiger charge is -2.28. The van der Waals surface area contributed by atoms with Crippen molar-refractivity contribution in [1.82, 2.24) is 14.8 Å². The van der Waals surface area contributed by atoms with Gasteiger partial charge < -0.3 is 9.67 Å². The highest BCUT2D eigenvalue weighted by Gasteiger charge is 2.32. The second kappa shape index (κ2) is 7.73. The van der Waals surface area contributed by atoms with Crippen LogP contribution >= 0.6 is 0 Å². The summed E-state index contributed by atoms with van der Waals surface area (Å²) in [6, 6.07) is 8.13. The third-order valence-corrected chi connectivity index (χ3v) is 6.80. The first-order chi connectivity index (χ1) is 15.3. The molecule has 1 fully saturated rings. The maximum absolute atomic E-state index is 14.2. The highest BCUT2D eigenvalue weighted by molar-refractivity contribution is 5.99. The van der Waals surface area contributed by atoms with Crippen molar-refractivity contribution in [3.05, 3.63) is 59.4 Å². The summed E-state index contributed by atoms with van der Waals surface area (Å²) < 4.78 is 30.0. The zero-order chi connectivity index (χ0) is 22.6. The molecule has 0 unspecified atom stereocenters. The number of aliphatic carboxylic acids is 1. The molecule has 4 aromatic rings. The third kappa shape index (κ3) is 3.27. The van der Waals surface area contributed by atoms with Crippen LogP contribution in [0.2, 0.25) is 0 Å². The van der Waals surface area contributed by atoms with Crippen LogP contribution < -0.4 is 0 Å². The van der Waals surface area contributed by atoms with E-state index < -0.39 is 17.6 Å². The first-order valence-corrected chi connectivity index (χ1v) is 11.0. The van der Waals surface area contributed by atoms with Crippen LogP contribution in [-0.2, 0) is 4.79 Å². The van der Waals surface area contributed by atoms with Crippen LogP contribution in [0.5, 0.6) is 0 Å². The van der Waals surface area contributed by atoms with Crippen molar-refractivity contribution >= 4 is 27.8 Å². The fraction of sp³-hybridized carbons (Fsp3) is 0.360. The lowest BCUT2D eigenvalue weighted by molar-refractivity contribution is -0.142. The number of carboxylic acids is 1. The van der Waals surface area contributed by atoms with E-state index in [-0.39, 0.29) is 17.8 Å². The quantitative estimate of drug-likeness (QED) is 0.395. The molecule has 5 rings (SSSR count). The van der Waals surface area contributed by atoms with Gasteiger partial charge in [-0.15, -0.1) is 0 Å². The molecule has 0 saturated heterocycles. The first kappa shape index (κ1) is 20.7. The first-order valence-electron chi connectivity index (χ1n) is 11.0. The Balaban J connectivity index is 1.78. The number of carboxylic acid groups (broad SMARTS) is 1. The third-order valence-electron chi connectivity index (χ3n) is 6.80. The molecule has 32 heavy (non-hydrogen) atoms. The second-order valence-corrected chi connectivity index (χ2v) is 9.10. The Labute approximate surface area is 184 Å². The van der Waals surface area contributed by atoms with Gasteiger partial charge in [-0.05, 0) is 67.3 Å². The Morgan fingerprint density at radius 1 is 1.12 bits per heavy atom. The Bertz CT molecular complexity index is 1330. The average Bonchev–Trinajstić information content (AvgIpc) is 3.36. The number of fused-ring (bicyclic) bond motifs is 2. The molecule has 0 amide bonds. The van der Waals surface area contributed by atoms with E-state index in [1.807, 2.05) is 10.6 Å². The second-order valence-electron chi connectivity index (χ2n) is 9.10. The molecular weight excluding hydrogens is 412 g/mol. The average molecular weight is 437 g/mol. The fourth-order valence-corrected chi connectivity index (χ4v) is 5.30. The van der Waals surface area contributed by atoms with Gasteiger partial charge in [-0.25, -0.2) is 8.78 Å². The molecule has 166 valence electrons. The molecule has 1 saturated carbocycles. The number of carbonyl (C=O) groups is 1. The number of nitrogens with one attached hydrogen (secondary N) is 1. The predicted molar refractivity (Wildman–Crippen MR) is 119 cm³/mol. The molecule has 1 aliphatic rings. The van der Waals surface area contributed by atoms with Crippen LogP contribution in [0.3, 0.4) is 0 Å². The van der Waals surface area contributed by atoms with E-state index >= 15 is 0 Å². The number of benzene rings is 2. The molecular formula is C25H25F2N3O2. The van der Waals surface area contributed by atoms with Crippen LogP contribution in [0.25, 0.3) is 27.5 Å². The van der Waals surface area contributed by atoms with Gasteiger partial charge in [0.15, 0.2) is 11.6 Å². The Hall–Kier alpha value is -3.22. The Morgan fingerprint density at radius 3 is 2.53 bits per heavy atom. The lowest BCUT2D eigenvalue weighted by atomic mass is 9.77. The van der Waals surface area contributed by atoms with Crippen molar-refractivity contribution in [3.63, 3.8) is 0 Å². The Kier molecular flexibility index (Phi) is 4.99. The largest absolute Gasteiger partial charge is 0.481 e. The van der Waals surface area contributed by atoms with Crippen LogP contribution in [-0.4, -0.2) is 25.8 Å². The van der Waals surface area contributed by atoms with Crippen LogP contribution in [0, 0.1) is 17.6 Å². The van der Waals surface area contributed by atoms with Crippen molar-refractivity contribution in [2.75, 3.05) is 0 Å². The molecule has 0 aliphatic heterocycles. The predicted octanol–water partition coefficient (Wildman–Crippen LogP) is 6.27. The van der Waals surface area contributed by atoms with E-state index in [0.717, 1.165) is 46.4 Å². The van der Waals surface area contributed by atoms with Crippen molar-refractivity contribution in [2.45, 2.75) is 51.4 Å².